The molecule has 0 spiro atoms. The molecule has 0 saturated heterocycles. The minimum absolute atomic E-state index is 0.375. The minimum atomic E-state index is -1.13. The van der Waals surface area contributed by atoms with Gasteiger partial charge >= 0.3 is 6.09 Å². The van der Waals surface area contributed by atoms with Crippen LogP contribution in [0.5, 0.6) is 0 Å². The van der Waals surface area contributed by atoms with Gasteiger partial charge in [0.05, 0.1) is 31.8 Å². The van der Waals surface area contributed by atoms with Crippen molar-refractivity contribution < 1.29 is 23.6 Å². The second-order valence-electron chi connectivity index (χ2n) is 7.62. The second kappa shape index (κ2) is 9.94. The van der Waals surface area contributed by atoms with Crippen molar-refractivity contribution in [2.24, 2.45) is 0 Å². The van der Waals surface area contributed by atoms with Crippen molar-refractivity contribution in [3.63, 3.8) is 0 Å². The highest BCUT2D eigenvalue weighted by Gasteiger charge is 2.31. The molecule has 0 aliphatic heterocycles. The first-order valence-electron chi connectivity index (χ1n) is 10.4. The van der Waals surface area contributed by atoms with E-state index in [-0.39, 0.29) is 0 Å². The number of halogens is 1. The van der Waals surface area contributed by atoms with Gasteiger partial charge in [0.25, 0.3) is 0 Å². The van der Waals surface area contributed by atoms with E-state index in [0.717, 1.165) is 11.1 Å². The van der Waals surface area contributed by atoms with Gasteiger partial charge in [-0.25, -0.2) is 4.79 Å². The molecule has 0 radical (unpaired) electrons. The average molecular weight is 467 g/mol. The molecule has 1 atom stereocenters. The van der Waals surface area contributed by atoms with Crippen molar-refractivity contribution in [3.8, 4) is 11.3 Å². The first-order valence-corrected chi connectivity index (χ1v) is 10.7. The zero-order valence-corrected chi connectivity index (χ0v) is 19.0. The lowest BCUT2D eigenvalue weighted by Crippen LogP contribution is -2.33. The second-order valence-corrected chi connectivity index (χ2v) is 8.02. The lowest BCUT2D eigenvalue weighted by molar-refractivity contribution is 0.107. The number of carboxylic acid groups (broad SMARTS) is 1. The number of amides is 1. The van der Waals surface area contributed by atoms with Crippen LogP contribution < -0.4 is 4.90 Å². The number of carbonyl (C=O) groups is 1. The third-order valence-electron chi connectivity index (χ3n) is 5.35. The predicted octanol–water partition coefficient (Wildman–Crippen LogP) is 6.86. The van der Waals surface area contributed by atoms with E-state index < -0.39 is 12.1 Å². The van der Waals surface area contributed by atoms with Crippen molar-refractivity contribution in [1.82, 2.24) is 5.16 Å². The Kier molecular flexibility index (Phi) is 6.82. The Balaban J connectivity index is 1.58. The Morgan fingerprint density at radius 1 is 1.12 bits per heavy atom. The summed E-state index contributed by atoms with van der Waals surface area (Å²) in [5.41, 5.74) is 4.20. The number of furan rings is 1. The fraction of sp³-hybridized carbons (Fsp3) is 0.200. The van der Waals surface area contributed by atoms with E-state index in [1.54, 1.807) is 38.5 Å². The van der Waals surface area contributed by atoms with E-state index in [2.05, 4.69) is 5.16 Å². The van der Waals surface area contributed by atoms with Crippen molar-refractivity contribution in [2.45, 2.75) is 33.1 Å². The van der Waals surface area contributed by atoms with Crippen LogP contribution in [0.2, 0.25) is 5.02 Å². The molecule has 170 valence electrons. The molecular weight excluding hydrogens is 444 g/mol. The zero-order valence-electron chi connectivity index (χ0n) is 18.2. The smallest absolute Gasteiger partial charge is 0.412 e. The molecule has 0 aliphatic carbocycles. The maximum atomic E-state index is 12.3. The minimum Gasteiger partial charge on any atom is -0.472 e. The molecule has 0 bridgehead atoms. The third-order valence-corrected chi connectivity index (χ3v) is 5.70. The van der Waals surface area contributed by atoms with Crippen LogP contribution in [0.4, 0.5) is 10.5 Å². The number of hydrogen-bond acceptors (Lipinski definition) is 5. The van der Waals surface area contributed by atoms with Crippen molar-refractivity contribution in [3.05, 3.63) is 94.5 Å². The first kappa shape index (κ1) is 22.6. The van der Waals surface area contributed by atoms with Gasteiger partial charge in [-0.1, -0.05) is 59.2 Å². The average Bonchev–Trinajstić information content (AvgIpc) is 3.45. The Hall–Kier alpha value is -3.55. The fourth-order valence-electron chi connectivity index (χ4n) is 3.66. The highest BCUT2D eigenvalue weighted by atomic mass is 35.5. The molecule has 0 fully saturated rings. The summed E-state index contributed by atoms with van der Waals surface area (Å²) in [7, 11) is 0. The van der Waals surface area contributed by atoms with Gasteiger partial charge in [0.1, 0.15) is 11.4 Å². The molecule has 1 amide bonds. The van der Waals surface area contributed by atoms with E-state index in [0.29, 0.717) is 46.5 Å². The summed E-state index contributed by atoms with van der Waals surface area (Å²) in [6, 6.07) is 16.0. The van der Waals surface area contributed by atoms with Gasteiger partial charge in [0, 0.05) is 16.1 Å². The molecule has 2 aromatic carbocycles. The number of anilines is 1. The monoisotopic (exact) mass is 466 g/mol. The summed E-state index contributed by atoms with van der Waals surface area (Å²) in [6.45, 7) is 4.39. The van der Waals surface area contributed by atoms with E-state index in [9.17, 15) is 9.90 Å². The Bertz CT molecular complexity index is 1220. The number of nitrogens with zero attached hydrogens (tertiary/aromatic N) is 2. The van der Waals surface area contributed by atoms with Crippen LogP contribution in [0.3, 0.4) is 0 Å². The molecule has 1 unspecified atom stereocenters. The fourth-order valence-corrected chi connectivity index (χ4v) is 3.95. The number of benzene rings is 2. The lowest BCUT2D eigenvalue weighted by Gasteiger charge is -2.27. The zero-order chi connectivity index (χ0) is 23.4. The molecule has 4 aromatic rings. The largest absolute Gasteiger partial charge is 0.472 e. The van der Waals surface area contributed by atoms with Crippen molar-refractivity contribution in [2.75, 3.05) is 4.90 Å². The molecular formula is C25H23ClN2O5. The molecule has 8 heteroatoms. The van der Waals surface area contributed by atoms with Crippen LogP contribution in [0.25, 0.3) is 11.3 Å². The SMILES string of the molecule is Cc1noc(-c2ccc(COCc3ccoc3)cc2)c1N(C(=O)O)C(C)c1ccccc1Cl. The maximum Gasteiger partial charge on any atom is 0.412 e. The summed E-state index contributed by atoms with van der Waals surface area (Å²) in [4.78, 5) is 13.6. The topological polar surface area (TPSA) is 88.9 Å². The summed E-state index contributed by atoms with van der Waals surface area (Å²) in [6.07, 6.45) is 2.13. The van der Waals surface area contributed by atoms with Gasteiger partial charge in [-0.05, 0) is 37.1 Å². The van der Waals surface area contributed by atoms with Crippen LogP contribution in [0.1, 0.15) is 35.3 Å². The Morgan fingerprint density at radius 3 is 2.52 bits per heavy atom. The number of ether oxygens (including phenoxy) is 1. The molecule has 2 aromatic heterocycles. The molecule has 0 aliphatic rings. The Morgan fingerprint density at radius 2 is 1.85 bits per heavy atom. The molecule has 4 rings (SSSR count). The van der Waals surface area contributed by atoms with E-state index in [4.69, 9.17) is 25.3 Å². The van der Waals surface area contributed by atoms with Gasteiger partial charge in [-0.2, -0.15) is 0 Å². The van der Waals surface area contributed by atoms with E-state index in [1.165, 1.54) is 4.90 Å². The number of hydrogen-bond donors (Lipinski definition) is 1. The summed E-state index contributed by atoms with van der Waals surface area (Å²) >= 11 is 6.34. The van der Waals surface area contributed by atoms with Gasteiger partial charge in [0.15, 0.2) is 5.76 Å². The van der Waals surface area contributed by atoms with Crippen molar-refractivity contribution in [1.29, 1.82) is 0 Å². The van der Waals surface area contributed by atoms with E-state index >= 15 is 0 Å². The Labute approximate surface area is 196 Å². The molecule has 0 saturated carbocycles. The van der Waals surface area contributed by atoms with Crippen molar-refractivity contribution >= 4 is 23.4 Å². The van der Waals surface area contributed by atoms with Crippen LogP contribution in [0.15, 0.2) is 76.1 Å². The number of rotatable bonds is 8. The summed E-state index contributed by atoms with van der Waals surface area (Å²) in [5.74, 6) is 0.375. The van der Waals surface area contributed by atoms with Crippen LogP contribution in [-0.2, 0) is 18.0 Å². The number of aryl methyl sites for hydroxylation is 1. The van der Waals surface area contributed by atoms with Gasteiger partial charge in [-0.3, -0.25) is 4.90 Å². The summed E-state index contributed by atoms with van der Waals surface area (Å²) < 4.78 is 16.3. The molecule has 7 nitrogen and oxygen atoms in total. The summed E-state index contributed by atoms with van der Waals surface area (Å²) in [5, 5.41) is 14.6. The first-order chi connectivity index (χ1) is 16.0. The van der Waals surface area contributed by atoms with E-state index in [1.807, 2.05) is 42.5 Å². The predicted molar refractivity (Wildman–Crippen MR) is 124 cm³/mol. The lowest BCUT2D eigenvalue weighted by atomic mass is 10.0. The van der Waals surface area contributed by atoms with Crippen LogP contribution in [-0.4, -0.2) is 16.4 Å². The number of aromatic nitrogens is 1. The van der Waals surface area contributed by atoms with Crippen LogP contribution >= 0.6 is 11.6 Å². The molecule has 2 heterocycles. The van der Waals surface area contributed by atoms with Crippen LogP contribution in [0, 0.1) is 6.92 Å². The highest BCUT2D eigenvalue weighted by Crippen LogP contribution is 2.39. The quantitative estimate of drug-likeness (QED) is 0.305. The highest BCUT2D eigenvalue weighted by molar-refractivity contribution is 6.31. The normalized spacial score (nSPS) is 12.0. The standard InChI is InChI=1S/C25H23ClN2O5/c1-16-23(28(25(29)30)17(2)21-5-3-4-6-22(21)26)24(33-27-16)20-9-7-18(8-10-20)13-32-15-19-11-12-31-14-19/h3-12,14,17H,13,15H2,1-2H3,(H,29,30). The van der Waals surface area contributed by atoms with Gasteiger partial charge in [-0.15, -0.1) is 0 Å². The van der Waals surface area contributed by atoms with Gasteiger partial charge in [0.2, 0.25) is 0 Å². The maximum absolute atomic E-state index is 12.3. The van der Waals surface area contributed by atoms with Gasteiger partial charge < -0.3 is 18.8 Å². The molecule has 1 N–H and O–H groups in total. The molecule has 33 heavy (non-hydrogen) atoms. The third kappa shape index (κ3) is 4.94.